The summed E-state index contributed by atoms with van der Waals surface area (Å²) in [6, 6.07) is 10.2. The molecule has 2 aliphatic rings. The van der Waals surface area contributed by atoms with E-state index >= 15 is 0 Å². The van der Waals surface area contributed by atoms with Gasteiger partial charge in [-0.05, 0) is 62.1 Å². The molecule has 0 unspecified atom stereocenters. The normalized spacial score (nSPS) is 20.6. The maximum atomic E-state index is 13.1. The molecule has 1 saturated heterocycles. The molecule has 2 N–H and O–H groups in total. The fraction of sp³-hybridized carbons (Fsp3) is 0.348. The molecule has 0 bridgehead atoms. The van der Waals surface area contributed by atoms with E-state index in [1.807, 2.05) is 39.0 Å². The molecular weight excluding hydrogens is 398 g/mol. The Morgan fingerprint density at radius 1 is 1.13 bits per heavy atom. The van der Waals surface area contributed by atoms with E-state index in [9.17, 15) is 14.4 Å². The molecule has 4 rings (SSSR count). The number of carbonyl (C=O) groups is 3. The summed E-state index contributed by atoms with van der Waals surface area (Å²) in [6.45, 7) is 7.26. The number of rotatable bonds is 5. The fourth-order valence-corrected chi connectivity index (χ4v) is 3.79. The van der Waals surface area contributed by atoms with Crippen molar-refractivity contribution in [3.05, 3.63) is 58.7 Å². The lowest BCUT2D eigenvalue weighted by molar-refractivity contribution is -0.135. The van der Waals surface area contributed by atoms with Crippen LogP contribution in [0.2, 0.25) is 0 Å². The first-order chi connectivity index (χ1) is 14.7. The second-order valence-electron chi connectivity index (χ2n) is 8.15. The van der Waals surface area contributed by atoms with Gasteiger partial charge in [0, 0.05) is 0 Å². The van der Waals surface area contributed by atoms with Gasteiger partial charge in [-0.3, -0.25) is 14.5 Å². The Hall–Kier alpha value is -3.55. The monoisotopic (exact) mass is 423 g/mol. The molecule has 0 saturated carbocycles. The number of urea groups is 1. The Balaban J connectivity index is 1.46. The van der Waals surface area contributed by atoms with Gasteiger partial charge in [0.25, 0.3) is 5.91 Å². The molecule has 0 spiro atoms. The molecule has 2 aromatic rings. The molecule has 2 heterocycles. The maximum Gasteiger partial charge on any atom is 0.325 e. The Kier molecular flexibility index (Phi) is 5.08. The summed E-state index contributed by atoms with van der Waals surface area (Å²) in [5.41, 5.74) is 2.52. The zero-order valence-corrected chi connectivity index (χ0v) is 17.9. The van der Waals surface area contributed by atoms with Gasteiger partial charge in [-0.25, -0.2) is 4.79 Å². The molecule has 1 fully saturated rings. The van der Waals surface area contributed by atoms with E-state index < -0.39 is 23.4 Å². The maximum absolute atomic E-state index is 13.1. The molecular formula is C23H25N3O5. The lowest BCUT2D eigenvalue weighted by Gasteiger charge is -2.22. The minimum Gasteiger partial charge on any atom is -0.454 e. The van der Waals surface area contributed by atoms with Gasteiger partial charge in [0.2, 0.25) is 12.7 Å². The van der Waals surface area contributed by atoms with Crippen molar-refractivity contribution in [2.45, 2.75) is 39.3 Å². The van der Waals surface area contributed by atoms with Crippen LogP contribution in [0.3, 0.4) is 0 Å². The zero-order chi connectivity index (χ0) is 22.3. The van der Waals surface area contributed by atoms with Gasteiger partial charge in [0.15, 0.2) is 11.5 Å². The van der Waals surface area contributed by atoms with Gasteiger partial charge in [-0.2, -0.15) is 0 Å². The van der Waals surface area contributed by atoms with Gasteiger partial charge in [-0.1, -0.05) is 24.3 Å². The van der Waals surface area contributed by atoms with E-state index in [4.69, 9.17) is 9.47 Å². The van der Waals surface area contributed by atoms with Crippen LogP contribution in [-0.2, 0) is 15.1 Å². The summed E-state index contributed by atoms with van der Waals surface area (Å²) in [6.07, 6.45) is 0. The molecule has 0 aliphatic carbocycles. The predicted molar refractivity (Wildman–Crippen MR) is 113 cm³/mol. The van der Waals surface area contributed by atoms with Crippen molar-refractivity contribution in [1.29, 1.82) is 0 Å². The van der Waals surface area contributed by atoms with Crippen LogP contribution in [0.4, 0.5) is 4.79 Å². The summed E-state index contributed by atoms with van der Waals surface area (Å²) in [4.78, 5) is 39.2. The second-order valence-corrected chi connectivity index (χ2v) is 8.15. The van der Waals surface area contributed by atoms with Crippen LogP contribution in [0, 0.1) is 13.8 Å². The van der Waals surface area contributed by atoms with Crippen molar-refractivity contribution in [3.8, 4) is 11.5 Å². The standard InChI is InChI=1S/C23H25N3O5/c1-13-5-6-16(9-14(13)2)15(3)24-20(27)11-26-21(28)23(4,25-22(26)29)17-7-8-18-19(10-17)31-12-30-18/h5-10,15H,11-12H2,1-4H3,(H,24,27)(H,25,29)/t15-,23+/m1/s1. The first kappa shape index (κ1) is 20.7. The SMILES string of the molecule is Cc1ccc([C@@H](C)NC(=O)CN2C(=O)N[C@@](C)(c3ccc4c(c3)OCO4)C2=O)cc1C. The van der Waals surface area contributed by atoms with Crippen LogP contribution in [-0.4, -0.2) is 36.1 Å². The topological polar surface area (TPSA) is 97.0 Å². The van der Waals surface area contributed by atoms with E-state index in [0.29, 0.717) is 17.1 Å². The Morgan fingerprint density at radius 2 is 1.87 bits per heavy atom. The third-order valence-electron chi connectivity index (χ3n) is 5.94. The highest BCUT2D eigenvalue weighted by Crippen LogP contribution is 2.37. The van der Waals surface area contributed by atoms with Crippen LogP contribution < -0.4 is 20.1 Å². The largest absolute Gasteiger partial charge is 0.454 e. The number of carbonyl (C=O) groups excluding carboxylic acids is 3. The molecule has 8 heteroatoms. The Bertz CT molecular complexity index is 1080. The second kappa shape index (κ2) is 7.61. The van der Waals surface area contributed by atoms with E-state index in [2.05, 4.69) is 10.6 Å². The number of benzene rings is 2. The first-order valence-corrected chi connectivity index (χ1v) is 10.1. The highest BCUT2D eigenvalue weighted by atomic mass is 16.7. The summed E-state index contributed by atoms with van der Waals surface area (Å²) < 4.78 is 10.7. The van der Waals surface area contributed by atoms with Gasteiger partial charge in [0.1, 0.15) is 12.1 Å². The average Bonchev–Trinajstić information content (AvgIpc) is 3.28. The number of hydrogen-bond donors (Lipinski definition) is 2. The van der Waals surface area contributed by atoms with Crippen LogP contribution in [0.5, 0.6) is 11.5 Å². The molecule has 8 nitrogen and oxygen atoms in total. The molecule has 31 heavy (non-hydrogen) atoms. The number of hydrogen-bond acceptors (Lipinski definition) is 5. The highest BCUT2D eigenvalue weighted by Gasteiger charge is 2.50. The summed E-state index contributed by atoms with van der Waals surface area (Å²) in [5.74, 6) is 0.189. The van der Waals surface area contributed by atoms with Gasteiger partial charge >= 0.3 is 6.03 Å². The van der Waals surface area contributed by atoms with Crippen molar-refractivity contribution in [2.75, 3.05) is 13.3 Å². The van der Waals surface area contributed by atoms with Crippen LogP contribution in [0.25, 0.3) is 0 Å². The van der Waals surface area contributed by atoms with Crippen LogP contribution in [0.15, 0.2) is 36.4 Å². The van der Waals surface area contributed by atoms with Crippen LogP contribution >= 0.6 is 0 Å². The Labute approximate surface area is 180 Å². The van der Waals surface area contributed by atoms with Crippen molar-refractivity contribution in [2.24, 2.45) is 0 Å². The third kappa shape index (κ3) is 3.69. The Morgan fingerprint density at radius 3 is 2.61 bits per heavy atom. The van der Waals surface area contributed by atoms with E-state index in [0.717, 1.165) is 16.0 Å². The van der Waals surface area contributed by atoms with Gasteiger partial charge in [-0.15, -0.1) is 0 Å². The number of amides is 4. The van der Waals surface area contributed by atoms with Crippen molar-refractivity contribution in [1.82, 2.24) is 15.5 Å². The molecule has 2 aliphatic heterocycles. The number of imide groups is 1. The first-order valence-electron chi connectivity index (χ1n) is 10.1. The zero-order valence-electron chi connectivity index (χ0n) is 17.9. The van der Waals surface area contributed by atoms with E-state index in [-0.39, 0.29) is 19.4 Å². The molecule has 4 amide bonds. The van der Waals surface area contributed by atoms with Crippen LogP contribution in [0.1, 0.15) is 42.1 Å². The summed E-state index contributed by atoms with van der Waals surface area (Å²) in [7, 11) is 0. The van der Waals surface area contributed by atoms with Gasteiger partial charge < -0.3 is 20.1 Å². The molecule has 0 radical (unpaired) electrons. The quantitative estimate of drug-likeness (QED) is 0.721. The van der Waals surface area contributed by atoms with E-state index in [1.54, 1.807) is 25.1 Å². The fourth-order valence-electron chi connectivity index (χ4n) is 3.79. The smallest absolute Gasteiger partial charge is 0.325 e. The van der Waals surface area contributed by atoms with Crippen molar-refractivity contribution >= 4 is 17.8 Å². The number of ether oxygens (including phenoxy) is 2. The number of aryl methyl sites for hydroxylation is 2. The molecule has 162 valence electrons. The number of fused-ring (bicyclic) bond motifs is 1. The highest BCUT2D eigenvalue weighted by molar-refractivity contribution is 6.09. The third-order valence-corrected chi connectivity index (χ3v) is 5.94. The lowest BCUT2D eigenvalue weighted by atomic mass is 9.91. The minimum atomic E-state index is -1.29. The predicted octanol–water partition coefficient (Wildman–Crippen LogP) is 2.68. The number of nitrogens with zero attached hydrogens (tertiary/aromatic N) is 1. The van der Waals surface area contributed by atoms with Gasteiger partial charge in [0.05, 0.1) is 6.04 Å². The minimum absolute atomic E-state index is 0.112. The number of nitrogens with one attached hydrogen (secondary N) is 2. The van der Waals surface area contributed by atoms with Crippen molar-refractivity contribution in [3.63, 3.8) is 0 Å². The lowest BCUT2D eigenvalue weighted by Crippen LogP contribution is -2.43. The summed E-state index contributed by atoms with van der Waals surface area (Å²) >= 11 is 0. The molecule has 2 aromatic carbocycles. The molecule has 0 aromatic heterocycles. The van der Waals surface area contributed by atoms with E-state index in [1.165, 1.54) is 5.56 Å². The average molecular weight is 423 g/mol. The van der Waals surface area contributed by atoms with Crippen molar-refractivity contribution < 1.29 is 23.9 Å². The molecule has 2 atom stereocenters. The summed E-state index contributed by atoms with van der Waals surface area (Å²) in [5, 5.41) is 5.57.